The van der Waals surface area contributed by atoms with Gasteiger partial charge in [0, 0.05) is 0 Å². The molecule has 21 heavy (non-hydrogen) atoms. The molecule has 0 saturated carbocycles. The third-order valence-corrected chi connectivity index (χ3v) is 5.48. The second kappa shape index (κ2) is 5.01. The van der Waals surface area contributed by atoms with Crippen LogP contribution in [0.1, 0.15) is 17.5 Å². The first-order valence-electron chi connectivity index (χ1n) is 6.14. The molecule has 1 fully saturated rings. The van der Waals surface area contributed by atoms with E-state index in [1.165, 1.54) is 12.1 Å². The second-order valence-electron chi connectivity index (χ2n) is 5.30. The van der Waals surface area contributed by atoms with Crippen molar-refractivity contribution in [3.8, 4) is 0 Å². The number of rotatable bonds is 3. The van der Waals surface area contributed by atoms with Gasteiger partial charge in [-0.2, -0.15) is 13.2 Å². The van der Waals surface area contributed by atoms with Gasteiger partial charge < -0.3 is 5.11 Å². The molecule has 4 nitrogen and oxygen atoms in total. The molecule has 0 aromatic heterocycles. The summed E-state index contributed by atoms with van der Waals surface area (Å²) in [5.41, 5.74) is -1.89. The molecule has 0 amide bonds. The molecule has 1 unspecified atom stereocenters. The highest BCUT2D eigenvalue weighted by atomic mass is 32.2. The van der Waals surface area contributed by atoms with Gasteiger partial charge in [-0.15, -0.1) is 0 Å². The van der Waals surface area contributed by atoms with Crippen LogP contribution >= 0.6 is 0 Å². The molecule has 0 bridgehead atoms. The number of halogens is 3. The maximum Gasteiger partial charge on any atom is 0.416 e. The molecule has 0 radical (unpaired) electrons. The van der Waals surface area contributed by atoms with Crippen molar-refractivity contribution in [3.63, 3.8) is 0 Å². The summed E-state index contributed by atoms with van der Waals surface area (Å²) in [4.78, 5) is 11.4. The molecule has 0 aliphatic carbocycles. The number of hydrogen-bond donors (Lipinski definition) is 1. The molecular weight excluding hydrogens is 309 g/mol. The van der Waals surface area contributed by atoms with E-state index < -0.39 is 38.7 Å². The Labute approximate surface area is 119 Å². The number of carboxylic acids is 1. The summed E-state index contributed by atoms with van der Waals surface area (Å²) < 4.78 is 60.4. The Kier molecular flexibility index (Phi) is 3.77. The van der Waals surface area contributed by atoms with Crippen LogP contribution in [0.25, 0.3) is 0 Å². The Morgan fingerprint density at radius 3 is 2.19 bits per heavy atom. The van der Waals surface area contributed by atoms with E-state index in [2.05, 4.69) is 0 Å². The van der Waals surface area contributed by atoms with E-state index in [0.29, 0.717) is 5.56 Å². The van der Waals surface area contributed by atoms with Gasteiger partial charge in [0.2, 0.25) is 0 Å². The van der Waals surface area contributed by atoms with Crippen molar-refractivity contribution in [3.05, 3.63) is 35.4 Å². The molecule has 2 rings (SSSR count). The van der Waals surface area contributed by atoms with Crippen LogP contribution in [0.15, 0.2) is 24.3 Å². The van der Waals surface area contributed by atoms with E-state index in [-0.39, 0.29) is 18.6 Å². The Balaban J connectivity index is 2.25. The number of carboxylic acid groups (broad SMARTS) is 1. The van der Waals surface area contributed by atoms with E-state index in [1.807, 2.05) is 0 Å². The van der Waals surface area contributed by atoms with E-state index in [0.717, 1.165) is 12.1 Å². The summed E-state index contributed by atoms with van der Waals surface area (Å²) in [5.74, 6) is -1.92. The van der Waals surface area contributed by atoms with Crippen LogP contribution in [0, 0.1) is 5.41 Å². The Morgan fingerprint density at radius 2 is 1.81 bits per heavy atom. The highest BCUT2D eigenvalue weighted by Gasteiger charge is 2.48. The molecule has 1 N–H and O–H groups in total. The molecule has 1 atom stereocenters. The van der Waals surface area contributed by atoms with Gasteiger partial charge in [0.25, 0.3) is 0 Å². The summed E-state index contributed by atoms with van der Waals surface area (Å²) in [6, 6.07) is 4.12. The lowest BCUT2D eigenvalue weighted by molar-refractivity contribution is -0.147. The quantitative estimate of drug-likeness (QED) is 0.925. The van der Waals surface area contributed by atoms with E-state index >= 15 is 0 Å². The first kappa shape index (κ1) is 15.8. The lowest BCUT2D eigenvalue weighted by Gasteiger charge is -2.22. The smallest absolute Gasteiger partial charge is 0.416 e. The van der Waals surface area contributed by atoms with Crippen LogP contribution < -0.4 is 0 Å². The maximum absolute atomic E-state index is 12.5. The van der Waals surface area contributed by atoms with Crippen molar-refractivity contribution in [2.75, 3.05) is 11.5 Å². The molecule has 0 spiro atoms. The van der Waals surface area contributed by atoms with Crippen LogP contribution in [0.3, 0.4) is 0 Å². The minimum absolute atomic E-state index is 0.0221. The molecule has 1 aromatic rings. The fourth-order valence-corrected chi connectivity index (χ4v) is 4.56. The summed E-state index contributed by atoms with van der Waals surface area (Å²) in [7, 11) is -3.41. The van der Waals surface area contributed by atoms with Gasteiger partial charge in [0.1, 0.15) is 0 Å². The first-order chi connectivity index (χ1) is 9.54. The van der Waals surface area contributed by atoms with Gasteiger partial charge >= 0.3 is 12.1 Å². The number of hydrogen-bond acceptors (Lipinski definition) is 3. The van der Waals surface area contributed by atoms with E-state index in [9.17, 15) is 31.5 Å². The SMILES string of the molecule is O=C(O)C1(Cc2ccc(C(F)(F)F)cc2)CCS(=O)(=O)C1. The lowest BCUT2D eigenvalue weighted by Crippen LogP contribution is -2.34. The predicted octanol–water partition coefficient (Wildman–Crippen LogP) is 2.14. The zero-order chi connectivity index (χ0) is 15.9. The van der Waals surface area contributed by atoms with Crippen molar-refractivity contribution in [2.24, 2.45) is 5.41 Å². The monoisotopic (exact) mass is 322 g/mol. The summed E-state index contributed by atoms with van der Waals surface area (Å²) in [6.45, 7) is 0. The standard InChI is InChI=1S/C13H13F3O4S/c14-13(15,16)10-3-1-9(2-4-10)7-12(11(17)18)5-6-21(19,20)8-12/h1-4H,5-8H2,(H,17,18). The van der Waals surface area contributed by atoms with E-state index in [4.69, 9.17) is 0 Å². The molecule has 1 aliphatic heterocycles. The van der Waals surface area contributed by atoms with Crippen LogP contribution in [0.4, 0.5) is 13.2 Å². The van der Waals surface area contributed by atoms with Crippen LogP contribution in [0.2, 0.25) is 0 Å². The van der Waals surface area contributed by atoms with Gasteiger partial charge in [-0.25, -0.2) is 8.42 Å². The van der Waals surface area contributed by atoms with Crippen LogP contribution in [0.5, 0.6) is 0 Å². The molecule has 1 aliphatic rings. The number of carbonyl (C=O) groups is 1. The van der Waals surface area contributed by atoms with Crippen molar-refractivity contribution >= 4 is 15.8 Å². The molecule has 8 heteroatoms. The highest BCUT2D eigenvalue weighted by Crippen LogP contribution is 2.37. The maximum atomic E-state index is 12.5. The lowest BCUT2D eigenvalue weighted by atomic mass is 9.81. The first-order valence-corrected chi connectivity index (χ1v) is 7.96. The summed E-state index contributed by atoms with van der Waals surface area (Å²) in [6.07, 6.45) is -4.58. The number of alkyl halides is 3. The fourth-order valence-electron chi connectivity index (χ4n) is 2.50. The Hall–Kier alpha value is -1.57. The van der Waals surface area contributed by atoms with Gasteiger partial charge in [-0.3, -0.25) is 4.79 Å². The minimum atomic E-state index is -4.46. The Morgan fingerprint density at radius 1 is 1.24 bits per heavy atom. The predicted molar refractivity (Wildman–Crippen MR) is 68.5 cm³/mol. The average molecular weight is 322 g/mol. The zero-order valence-electron chi connectivity index (χ0n) is 10.9. The number of aliphatic carboxylic acids is 1. The number of benzene rings is 1. The third kappa shape index (κ3) is 3.37. The van der Waals surface area contributed by atoms with Crippen molar-refractivity contribution < 1.29 is 31.5 Å². The molecule has 1 aromatic carbocycles. The average Bonchev–Trinajstić information content (AvgIpc) is 2.66. The largest absolute Gasteiger partial charge is 0.481 e. The molecule has 116 valence electrons. The van der Waals surface area contributed by atoms with Crippen molar-refractivity contribution in [2.45, 2.75) is 19.0 Å². The normalized spacial score (nSPS) is 24.9. The van der Waals surface area contributed by atoms with Gasteiger partial charge in [0.15, 0.2) is 9.84 Å². The second-order valence-corrected chi connectivity index (χ2v) is 7.48. The third-order valence-electron chi connectivity index (χ3n) is 3.67. The topological polar surface area (TPSA) is 71.4 Å². The summed E-state index contributed by atoms with van der Waals surface area (Å²) >= 11 is 0. The molecule has 1 heterocycles. The molecule has 1 saturated heterocycles. The van der Waals surface area contributed by atoms with E-state index in [1.54, 1.807) is 0 Å². The van der Waals surface area contributed by atoms with Crippen LogP contribution in [-0.4, -0.2) is 31.0 Å². The van der Waals surface area contributed by atoms with Crippen molar-refractivity contribution in [1.82, 2.24) is 0 Å². The van der Waals surface area contributed by atoms with Crippen LogP contribution in [-0.2, 0) is 27.2 Å². The minimum Gasteiger partial charge on any atom is -0.481 e. The highest BCUT2D eigenvalue weighted by molar-refractivity contribution is 7.91. The zero-order valence-corrected chi connectivity index (χ0v) is 11.7. The molecular formula is C13H13F3O4S. The van der Waals surface area contributed by atoms with Gasteiger partial charge in [-0.05, 0) is 30.5 Å². The fraction of sp³-hybridized carbons (Fsp3) is 0.462. The van der Waals surface area contributed by atoms with Gasteiger partial charge in [0.05, 0.1) is 22.5 Å². The summed E-state index contributed by atoms with van der Waals surface area (Å²) in [5, 5.41) is 9.30. The number of sulfone groups is 1. The Bertz CT molecular complexity index is 649. The van der Waals surface area contributed by atoms with Crippen molar-refractivity contribution in [1.29, 1.82) is 0 Å². The van der Waals surface area contributed by atoms with Gasteiger partial charge in [-0.1, -0.05) is 12.1 Å².